The highest BCUT2D eigenvalue weighted by atomic mass is 32.2. The number of piperidine rings is 1. The molecule has 3 N–H and O–H groups in total. The molecular formula is C28H38N6O4S. The Hall–Kier alpha value is -3.02. The average molecular weight is 555 g/mol. The molecule has 1 aromatic carbocycles. The van der Waals surface area contributed by atoms with E-state index in [2.05, 4.69) is 53.1 Å². The highest BCUT2D eigenvalue weighted by Crippen LogP contribution is 2.39. The molecule has 4 atom stereocenters. The lowest BCUT2D eigenvalue weighted by molar-refractivity contribution is -0.0724. The number of aromatic nitrogens is 3. The average Bonchev–Trinajstić information content (AvgIpc) is 2.86. The van der Waals surface area contributed by atoms with E-state index in [1.807, 2.05) is 17.2 Å². The van der Waals surface area contributed by atoms with Gasteiger partial charge in [-0.3, -0.25) is 0 Å². The number of aliphatic hydroxyl groups excluding tert-OH is 1. The van der Waals surface area contributed by atoms with E-state index in [-0.39, 0.29) is 24.3 Å². The molecule has 5 rings (SSSR count). The fourth-order valence-electron chi connectivity index (χ4n) is 5.56. The van der Waals surface area contributed by atoms with Crippen molar-refractivity contribution in [3.8, 4) is 0 Å². The molecule has 11 heteroatoms. The van der Waals surface area contributed by atoms with E-state index in [1.165, 1.54) is 11.8 Å². The third-order valence-corrected chi connectivity index (χ3v) is 9.18. The fraction of sp³-hybridized carbons (Fsp3) is 0.536. The number of rotatable bonds is 7. The molecule has 3 aromatic rings. The summed E-state index contributed by atoms with van der Waals surface area (Å²) in [6.45, 7) is 9.56. The highest BCUT2D eigenvalue weighted by molar-refractivity contribution is 7.90. The van der Waals surface area contributed by atoms with E-state index >= 15 is 0 Å². The van der Waals surface area contributed by atoms with Gasteiger partial charge >= 0.3 is 0 Å². The molecule has 0 spiro atoms. The monoisotopic (exact) mass is 554 g/mol. The number of hydrogen-bond acceptors (Lipinski definition) is 10. The van der Waals surface area contributed by atoms with Crippen molar-refractivity contribution < 1.29 is 18.6 Å². The maximum Gasteiger partial charge on any atom is 0.227 e. The molecule has 0 unspecified atom stereocenters. The van der Waals surface area contributed by atoms with Crippen LogP contribution in [0.4, 0.5) is 23.3 Å². The van der Waals surface area contributed by atoms with Gasteiger partial charge in [0.2, 0.25) is 5.95 Å². The minimum atomic E-state index is -3.02. The normalized spacial score (nSPS) is 25.7. The van der Waals surface area contributed by atoms with Crippen LogP contribution in [0.1, 0.15) is 45.6 Å². The summed E-state index contributed by atoms with van der Waals surface area (Å²) in [5, 5.41) is 26.0. The van der Waals surface area contributed by atoms with Gasteiger partial charge in [0.05, 0.1) is 17.5 Å². The maximum atomic E-state index is 11.8. The standard InChI is InChI=1S/C28H38N6O4S/c1-17(2)20-6-7-23(34-14-19(18(34)3)16-39(5,37)38)22-13-30-26(12-21(20)22)31-25-8-10-29-27(32-25)33-11-9-28(4,36)24(35)15-33/h6-8,10,12-13,17-19,24,35-36H,9,11,14-16H2,1-5H3,(H,29,30,31,32)/t18-,19-,24+,28-/m1/s1. The quantitative estimate of drug-likeness (QED) is 0.400. The molecule has 10 nitrogen and oxygen atoms in total. The summed E-state index contributed by atoms with van der Waals surface area (Å²) in [7, 11) is -3.02. The first-order valence-corrected chi connectivity index (χ1v) is 15.5. The molecule has 0 radical (unpaired) electrons. The second kappa shape index (κ2) is 10.2. The highest BCUT2D eigenvalue weighted by Gasteiger charge is 2.39. The first-order chi connectivity index (χ1) is 18.3. The van der Waals surface area contributed by atoms with Crippen molar-refractivity contribution in [2.24, 2.45) is 5.92 Å². The number of pyridine rings is 1. The lowest BCUT2D eigenvalue weighted by Gasteiger charge is -2.48. The summed E-state index contributed by atoms with van der Waals surface area (Å²) < 4.78 is 23.7. The topological polar surface area (TPSA) is 132 Å². The Morgan fingerprint density at radius 3 is 2.59 bits per heavy atom. The first-order valence-electron chi connectivity index (χ1n) is 13.4. The Bertz CT molecular complexity index is 1480. The van der Waals surface area contributed by atoms with Gasteiger partial charge in [-0.25, -0.2) is 18.4 Å². The zero-order chi connectivity index (χ0) is 28.1. The SMILES string of the molecule is CC(C)c1ccc(N2C[C@H](CS(C)(=O)=O)[C@H]2C)c2cnc(Nc3ccnc(N4CC[C@@](C)(O)[C@@H](O)C4)n3)cc12. The number of β-amino-alcohol motifs (C(OH)–C–C–N with tert-alkyl or cyclic N) is 1. The van der Waals surface area contributed by atoms with Gasteiger partial charge in [-0.1, -0.05) is 19.9 Å². The molecule has 2 aromatic heterocycles. The van der Waals surface area contributed by atoms with E-state index in [1.54, 1.807) is 19.2 Å². The van der Waals surface area contributed by atoms with Gasteiger partial charge in [0, 0.05) is 61.3 Å². The summed E-state index contributed by atoms with van der Waals surface area (Å²) >= 11 is 0. The van der Waals surface area contributed by atoms with Crippen LogP contribution in [0, 0.1) is 5.92 Å². The molecule has 2 aliphatic rings. The predicted octanol–water partition coefficient (Wildman–Crippen LogP) is 3.08. The van der Waals surface area contributed by atoms with Crippen LogP contribution in [0.15, 0.2) is 36.7 Å². The first kappa shape index (κ1) is 27.5. The van der Waals surface area contributed by atoms with Crippen molar-refractivity contribution in [1.29, 1.82) is 0 Å². The molecular weight excluding hydrogens is 516 g/mol. The maximum absolute atomic E-state index is 11.8. The number of aliphatic hydroxyl groups is 2. The molecule has 2 fully saturated rings. The Morgan fingerprint density at radius 2 is 1.92 bits per heavy atom. The molecule has 2 aliphatic heterocycles. The van der Waals surface area contributed by atoms with E-state index in [4.69, 9.17) is 4.98 Å². The zero-order valence-corrected chi connectivity index (χ0v) is 24.0. The smallest absolute Gasteiger partial charge is 0.227 e. The second-order valence-electron chi connectivity index (χ2n) is 11.6. The third kappa shape index (κ3) is 5.66. The van der Waals surface area contributed by atoms with E-state index in [9.17, 15) is 18.6 Å². The van der Waals surface area contributed by atoms with Crippen molar-refractivity contribution in [1.82, 2.24) is 15.0 Å². The minimum absolute atomic E-state index is 0.118. The van der Waals surface area contributed by atoms with Crippen LogP contribution in [0.25, 0.3) is 10.8 Å². The van der Waals surface area contributed by atoms with Crippen LogP contribution in [0.2, 0.25) is 0 Å². The second-order valence-corrected chi connectivity index (χ2v) is 13.8. The molecule has 210 valence electrons. The minimum Gasteiger partial charge on any atom is -0.388 e. The summed E-state index contributed by atoms with van der Waals surface area (Å²) in [5.41, 5.74) is 1.16. The van der Waals surface area contributed by atoms with E-state index < -0.39 is 21.5 Å². The van der Waals surface area contributed by atoms with E-state index in [0.29, 0.717) is 43.0 Å². The number of nitrogens with zero attached hydrogens (tertiary/aromatic N) is 5. The number of sulfone groups is 1. The van der Waals surface area contributed by atoms with Crippen LogP contribution in [0.5, 0.6) is 0 Å². The summed E-state index contributed by atoms with van der Waals surface area (Å²) in [6.07, 6.45) is 4.38. The molecule has 2 saturated heterocycles. The lowest BCUT2D eigenvalue weighted by Crippen LogP contribution is -2.57. The molecule has 0 bridgehead atoms. The van der Waals surface area contributed by atoms with Gasteiger partial charge in [-0.15, -0.1) is 0 Å². The largest absolute Gasteiger partial charge is 0.388 e. The summed E-state index contributed by atoms with van der Waals surface area (Å²) in [5.74, 6) is 2.34. The molecule has 0 saturated carbocycles. The van der Waals surface area contributed by atoms with Gasteiger partial charge in [-0.05, 0) is 55.3 Å². The number of anilines is 4. The zero-order valence-electron chi connectivity index (χ0n) is 23.2. The van der Waals surface area contributed by atoms with Gasteiger partial charge in [-0.2, -0.15) is 4.98 Å². The Labute approximate surface area is 230 Å². The van der Waals surface area contributed by atoms with Crippen LogP contribution in [0.3, 0.4) is 0 Å². The summed E-state index contributed by atoms with van der Waals surface area (Å²) in [4.78, 5) is 17.8. The van der Waals surface area contributed by atoms with Crippen molar-refractivity contribution >= 4 is 43.9 Å². The fourth-order valence-corrected chi connectivity index (χ4v) is 6.72. The number of nitrogens with one attached hydrogen (secondary N) is 1. The van der Waals surface area contributed by atoms with Crippen LogP contribution < -0.4 is 15.1 Å². The van der Waals surface area contributed by atoms with Crippen LogP contribution in [-0.4, -0.2) is 83.0 Å². The van der Waals surface area contributed by atoms with Gasteiger partial charge in [0.25, 0.3) is 0 Å². The van der Waals surface area contributed by atoms with Gasteiger partial charge < -0.3 is 25.3 Å². The van der Waals surface area contributed by atoms with Crippen LogP contribution >= 0.6 is 0 Å². The molecule has 0 amide bonds. The third-order valence-electron chi connectivity index (χ3n) is 8.15. The van der Waals surface area contributed by atoms with Crippen molar-refractivity contribution in [2.45, 2.75) is 57.8 Å². The Balaban J connectivity index is 1.40. The van der Waals surface area contributed by atoms with Gasteiger partial charge in [0.15, 0.2) is 0 Å². The molecule has 0 aliphatic carbocycles. The van der Waals surface area contributed by atoms with Crippen molar-refractivity contribution in [3.63, 3.8) is 0 Å². The van der Waals surface area contributed by atoms with E-state index in [0.717, 1.165) is 16.5 Å². The molecule has 39 heavy (non-hydrogen) atoms. The Morgan fingerprint density at radius 1 is 1.15 bits per heavy atom. The van der Waals surface area contributed by atoms with Crippen molar-refractivity contribution in [2.75, 3.05) is 46.8 Å². The molecule has 4 heterocycles. The predicted molar refractivity (Wildman–Crippen MR) is 155 cm³/mol. The van der Waals surface area contributed by atoms with Crippen molar-refractivity contribution in [3.05, 3.63) is 42.2 Å². The Kier molecular flexibility index (Phi) is 7.19. The van der Waals surface area contributed by atoms with Gasteiger partial charge in [0.1, 0.15) is 21.5 Å². The number of fused-ring (bicyclic) bond motifs is 1. The lowest BCUT2D eigenvalue weighted by atomic mass is 9.88. The number of hydrogen-bond donors (Lipinski definition) is 3. The van der Waals surface area contributed by atoms with Crippen LogP contribution in [-0.2, 0) is 9.84 Å². The summed E-state index contributed by atoms with van der Waals surface area (Å²) in [6, 6.07) is 8.22. The number of benzene rings is 1.